The molecule has 0 saturated carbocycles. The van der Waals surface area contributed by atoms with Crippen LogP contribution in [0.25, 0.3) is 0 Å². The highest BCUT2D eigenvalue weighted by Gasteiger charge is 2.20. The van der Waals surface area contributed by atoms with Gasteiger partial charge in [0.1, 0.15) is 18.0 Å². The average Bonchev–Trinajstić information content (AvgIpc) is 3.10. The van der Waals surface area contributed by atoms with Crippen LogP contribution in [0.5, 0.6) is 11.5 Å². The second-order valence-electron chi connectivity index (χ2n) is 7.52. The van der Waals surface area contributed by atoms with E-state index in [4.69, 9.17) is 9.47 Å². The van der Waals surface area contributed by atoms with Crippen LogP contribution in [0.15, 0.2) is 30.3 Å². The van der Waals surface area contributed by atoms with Gasteiger partial charge in [-0.05, 0) is 51.0 Å². The third-order valence-electron chi connectivity index (χ3n) is 5.09. The van der Waals surface area contributed by atoms with Crippen LogP contribution in [0.4, 0.5) is 11.4 Å². The number of aromatic nitrogens is 3. The molecule has 3 rings (SSSR count). The number of nitrogens with zero attached hydrogens (tertiary/aromatic N) is 3. The van der Waals surface area contributed by atoms with Crippen molar-refractivity contribution in [3.63, 3.8) is 0 Å². The summed E-state index contributed by atoms with van der Waals surface area (Å²) in [6, 6.07) is 9.09. The fourth-order valence-electron chi connectivity index (χ4n) is 3.50. The van der Waals surface area contributed by atoms with E-state index < -0.39 is 0 Å². The van der Waals surface area contributed by atoms with Crippen LogP contribution in [-0.2, 0) is 11.3 Å². The maximum Gasteiger partial charge on any atom is 0.278 e. The number of methoxy groups -OCH3 is 2. The average molecular weight is 438 g/mol. The molecule has 0 unspecified atom stereocenters. The molecule has 1 aromatic heterocycles. The summed E-state index contributed by atoms with van der Waals surface area (Å²) in [5.41, 5.74) is 4.96. The number of hydrogen-bond acceptors (Lipinski definition) is 6. The summed E-state index contributed by atoms with van der Waals surface area (Å²) in [5.74, 6) is 0.373. The predicted octanol–water partition coefficient (Wildman–Crippen LogP) is 3.42. The lowest BCUT2D eigenvalue weighted by atomic mass is 10.0. The first-order chi connectivity index (χ1) is 15.2. The van der Waals surface area contributed by atoms with Crippen molar-refractivity contribution in [1.29, 1.82) is 0 Å². The zero-order valence-electron chi connectivity index (χ0n) is 19.1. The van der Waals surface area contributed by atoms with Gasteiger partial charge >= 0.3 is 0 Å². The topological polar surface area (TPSA) is 107 Å². The van der Waals surface area contributed by atoms with E-state index in [1.54, 1.807) is 32.2 Å². The minimum atomic E-state index is -0.374. The Kier molecular flexibility index (Phi) is 6.77. The van der Waals surface area contributed by atoms with Crippen molar-refractivity contribution < 1.29 is 19.1 Å². The number of anilines is 2. The lowest BCUT2D eigenvalue weighted by Crippen LogP contribution is -2.21. The number of carbonyl (C=O) groups is 2. The molecule has 0 fully saturated rings. The predicted molar refractivity (Wildman–Crippen MR) is 122 cm³/mol. The molecule has 2 N–H and O–H groups in total. The second kappa shape index (κ2) is 9.51. The summed E-state index contributed by atoms with van der Waals surface area (Å²) in [4.78, 5) is 25.4. The molecule has 0 saturated heterocycles. The standard InChI is InChI=1S/C23H27N5O4/c1-13-9-14(2)21(15(3)10-13)25-23(30)22-16(4)28(27-26-22)12-20(29)24-18-8-7-17(31-5)11-19(18)32-6/h7-11H,12H2,1-6H3,(H,24,29)(H,25,30). The third kappa shape index (κ3) is 4.88. The second-order valence-corrected chi connectivity index (χ2v) is 7.52. The number of amides is 2. The highest BCUT2D eigenvalue weighted by molar-refractivity contribution is 6.04. The van der Waals surface area contributed by atoms with Gasteiger partial charge in [0.2, 0.25) is 5.91 Å². The lowest BCUT2D eigenvalue weighted by molar-refractivity contribution is -0.117. The van der Waals surface area contributed by atoms with E-state index in [0.717, 1.165) is 22.4 Å². The van der Waals surface area contributed by atoms with Crippen molar-refractivity contribution in [1.82, 2.24) is 15.0 Å². The molecule has 0 aliphatic heterocycles. The number of ether oxygens (including phenoxy) is 2. The van der Waals surface area contributed by atoms with Gasteiger partial charge in [0.15, 0.2) is 5.69 Å². The summed E-state index contributed by atoms with van der Waals surface area (Å²) in [7, 11) is 3.06. The SMILES string of the molecule is COc1ccc(NC(=O)Cn2nnc(C(=O)Nc3c(C)cc(C)cc3C)c2C)c(OC)c1. The van der Waals surface area contributed by atoms with Gasteiger partial charge in [-0.25, -0.2) is 4.68 Å². The van der Waals surface area contributed by atoms with E-state index in [-0.39, 0.29) is 24.1 Å². The molecule has 32 heavy (non-hydrogen) atoms. The largest absolute Gasteiger partial charge is 0.497 e. The van der Waals surface area contributed by atoms with E-state index in [2.05, 4.69) is 20.9 Å². The van der Waals surface area contributed by atoms with Crippen LogP contribution < -0.4 is 20.1 Å². The van der Waals surface area contributed by atoms with Crippen molar-refractivity contribution in [2.45, 2.75) is 34.2 Å². The van der Waals surface area contributed by atoms with Crippen molar-refractivity contribution >= 4 is 23.2 Å². The zero-order chi connectivity index (χ0) is 23.4. The molecule has 0 aliphatic carbocycles. The molecule has 0 spiro atoms. The summed E-state index contributed by atoms with van der Waals surface area (Å²) in [6.45, 7) is 7.48. The first-order valence-corrected chi connectivity index (χ1v) is 10.0. The maximum absolute atomic E-state index is 12.8. The van der Waals surface area contributed by atoms with Gasteiger partial charge < -0.3 is 20.1 Å². The van der Waals surface area contributed by atoms with Crippen molar-refractivity contribution in [2.75, 3.05) is 24.9 Å². The maximum atomic E-state index is 12.8. The Morgan fingerprint density at radius 1 is 0.969 bits per heavy atom. The minimum absolute atomic E-state index is 0.107. The van der Waals surface area contributed by atoms with E-state index in [0.29, 0.717) is 22.9 Å². The van der Waals surface area contributed by atoms with Crippen LogP contribution >= 0.6 is 0 Å². The van der Waals surface area contributed by atoms with Crippen LogP contribution in [-0.4, -0.2) is 41.0 Å². The van der Waals surface area contributed by atoms with Gasteiger partial charge in [-0.1, -0.05) is 22.9 Å². The molecule has 168 valence electrons. The van der Waals surface area contributed by atoms with Gasteiger partial charge in [-0.2, -0.15) is 0 Å². The smallest absolute Gasteiger partial charge is 0.278 e. The number of benzene rings is 2. The molecular formula is C23H27N5O4. The lowest BCUT2D eigenvalue weighted by Gasteiger charge is -2.12. The first kappa shape index (κ1) is 22.8. The van der Waals surface area contributed by atoms with Gasteiger partial charge in [0.25, 0.3) is 5.91 Å². The Labute approximate surface area is 186 Å². The third-order valence-corrected chi connectivity index (χ3v) is 5.09. The summed E-state index contributed by atoms with van der Waals surface area (Å²) in [5, 5.41) is 13.7. The van der Waals surface area contributed by atoms with Gasteiger partial charge in [0, 0.05) is 11.8 Å². The highest BCUT2D eigenvalue weighted by atomic mass is 16.5. The quantitative estimate of drug-likeness (QED) is 0.586. The van der Waals surface area contributed by atoms with Crippen LogP contribution in [0, 0.1) is 27.7 Å². The number of rotatable bonds is 7. The number of aryl methyl sites for hydroxylation is 3. The highest BCUT2D eigenvalue weighted by Crippen LogP contribution is 2.29. The summed E-state index contributed by atoms with van der Waals surface area (Å²) >= 11 is 0. The van der Waals surface area contributed by atoms with Gasteiger partial charge in [0.05, 0.1) is 25.6 Å². The molecule has 0 bridgehead atoms. The Hall–Kier alpha value is -3.88. The van der Waals surface area contributed by atoms with Crippen molar-refractivity contribution in [2.24, 2.45) is 0 Å². The molecule has 9 heteroatoms. The molecule has 2 aromatic carbocycles. The molecule has 0 aliphatic rings. The molecule has 3 aromatic rings. The first-order valence-electron chi connectivity index (χ1n) is 10.0. The summed E-state index contributed by atoms with van der Waals surface area (Å²) < 4.78 is 11.8. The fraction of sp³-hybridized carbons (Fsp3) is 0.304. The van der Waals surface area contributed by atoms with Crippen molar-refractivity contribution in [3.05, 3.63) is 58.4 Å². The van der Waals surface area contributed by atoms with E-state index in [1.807, 2.05) is 32.9 Å². The molecular weight excluding hydrogens is 410 g/mol. The number of nitrogens with one attached hydrogen (secondary N) is 2. The number of carbonyl (C=O) groups excluding carboxylic acids is 2. The van der Waals surface area contributed by atoms with Crippen LogP contribution in [0.3, 0.4) is 0 Å². The Morgan fingerprint density at radius 3 is 2.28 bits per heavy atom. The minimum Gasteiger partial charge on any atom is -0.497 e. The van der Waals surface area contributed by atoms with Gasteiger partial charge in [-0.3, -0.25) is 9.59 Å². The van der Waals surface area contributed by atoms with E-state index >= 15 is 0 Å². The summed E-state index contributed by atoms with van der Waals surface area (Å²) in [6.07, 6.45) is 0. The normalized spacial score (nSPS) is 10.6. The Balaban J connectivity index is 1.72. The van der Waals surface area contributed by atoms with Gasteiger partial charge in [-0.15, -0.1) is 5.10 Å². The van der Waals surface area contributed by atoms with Crippen LogP contribution in [0.2, 0.25) is 0 Å². The van der Waals surface area contributed by atoms with Crippen molar-refractivity contribution in [3.8, 4) is 11.5 Å². The molecule has 1 heterocycles. The molecule has 0 radical (unpaired) electrons. The monoisotopic (exact) mass is 437 g/mol. The molecule has 9 nitrogen and oxygen atoms in total. The molecule has 2 amide bonds. The van der Waals surface area contributed by atoms with E-state index in [1.165, 1.54) is 11.8 Å². The number of hydrogen-bond donors (Lipinski definition) is 2. The Bertz CT molecular complexity index is 1150. The fourth-order valence-corrected chi connectivity index (χ4v) is 3.50. The Morgan fingerprint density at radius 2 is 1.66 bits per heavy atom. The van der Waals surface area contributed by atoms with E-state index in [9.17, 15) is 9.59 Å². The molecule has 0 atom stereocenters. The zero-order valence-corrected chi connectivity index (χ0v) is 19.1. The van der Waals surface area contributed by atoms with Crippen LogP contribution in [0.1, 0.15) is 32.9 Å².